The second-order valence-electron chi connectivity index (χ2n) is 8.43. The van der Waals surface area contributed by atoms with Crippen LogP contribution in [0.2, 0.25) is 0 Å². The molecular weight excluding hydrogens is 324 g/mol. The van der Waals surface area contributed by atoms with Gasteiger partial charge in [0.25, 0.3) is 0 Å². The zero-order chi connectivity index (χ0) is 18.6. The van der Waals surface area contributed by atoms with Crippen LogP contribution >= 0.6 is 0 Å². The Labute approximate surface area is 163 Å². The van der Waals surface area contributed by atoms with E-state index < -0.39 is 0 Å². The Morgan fingerprint density at radius 3 is 1.78 bits per heavy atom. The smallest absolute Gasteiger partial charge is 0.0171 e. The van der Waals surface area contributed by atoms with E-state index in [0.717, 1.165) is 5.92 Å². The molecule has 0 nitrogen and oxygen atoms in total. The zero-order valence-corrected chi connectivity index (χ0v) is 16.7. The normalized spacial score (nSPS) is 11.8. The summed E-state index contributed by atoms with van der Waals surface area (Å²) >= 11 is 0. The maximum absolute atomic E-state index is 2.40. The lowest BCUT2D eigenvalue weighted by Gasteiger charge is -2.08. The highest BCUT2D eigenvalue weighted by Crippen LogP contribution is 2.28. The first kappa shape index (κ1) is 18.0. The van der Waals surface area contributed by atoms with E-state index in [0.29, 0.717) is 0 Å². The van der Waals surface area contributed by atoms with E-state index in [9.17, 15) is 0 Å². The Bertz CT molecular complexity index is 1060. The van der Waals surface area contributed by atoms with Crippen molar-refractivity contribution in [2.24, 2.45) is 5.92 Å². The molecule has 4 rings (SSSR count). The van der Waals surface area contributed by atoms with Crippen LogP contribution < -0.4 is 0 Å². The highest BCUT2D eigenvalue weighted by molar-refractivity contribution is 6.04. The van der Waals surface area contributed by atoms with Crippen LogP contribution in [0.25, 0.3) is 32.3 Å². The topological polar surface area (TPSA) is 0 Å². The molecule has 0 radical (unpaired) electrons. The summed E-state index contributed by atoms with van der Waals surface area (Å²) in [5, 5.41) is 8.03. The van der Waals surface area contributed by atoms with Crippen molar-refractivity contribution < 1.29 is 0 Å². The van der Waals surface area contributed by atoms with E-state index in [4.69, 9.17) is 0 Å². The van der Waals surface area contributed by atoms with Crippen molar-refractivity contribution >= 4 is 32.3 Å². The average Bonchev–Trinajstić information content (AvgIpc) is 2.67. The van der Waals surface area contributed by atoms with Crippen LogP contribution in [0.4, 0.5) is 0 Å². The second kappa shape index (κ2) is 8.13. The van der Waals surface area contributed by atoms with Gasteiger partial charge in [-0.2, -0.15) is 0 Å². The number of unbranched alkanes of at least 4 members (excludes halogenated alkanes) is 3. The molecule has 27 heavy (non-hydrogen) atoms. The summed E-state index contributed by atoms with van der Waals surface area (Å²) in [6, 6.07) is 25.0. The molecule has 138 valence electrons. The molecule has 0 bridgehead atoms. The molecule has 0 unspecified atom stereocenters. The fourth-order valence-electron chi connectivity index (χ4n) is 4.13. The van der Waals surface area contributed by atoms with Gasteiger partial charge in [-0.1, -0.05) is 82.0 Å². The molecule has 0 aliphatic rings. The predicted molar refractivity (Wildman–Crippen MR) is 121 cm³/mol. The van der Waals surface area contributed by atoms with Gasteiger partial charge in [0.1, 0.15) is 0 Å². The number of hydrogen-bond donors (Lipinski definition) is 0. The molecule has 0 heteroatoms. The number of benzene rings is 4. The van der Waals surface area contributed by atoms with Crippen LogP contribution in [-0.2, 0) is 6.42 Å². The van der Waals surface area contributed by atoms with Crippen molar-refractivity contribution in [2.45, 2.75) is 52.4 Å². The Morgan fingerprint density at radius 2 is 1.11 bits per heavy atom. The summed E-state index contributed by atoms with van der Waals surface area (Å²) in [7, 11) is 0. The molecule has 0 fully saturated rings. The van der Waals surface area contributed by atoms with Gasteiger partial charge in [-0.05, 0) is 80.9 Å². The summed E-state index contributed by atoms with van der Waals surface area (Å²) in [4.78, 5) is 0. The van der Waals surface area contributed by atoms with Gasteiger partial charge in [-0.15, -0.1) is 0 Å². The maximum atomic E-state index is 2.40. The van der Waals surface area contributed by atoms with Crippen molar-refractivity contribution in [3.05, 3.63) is 72.3 Å². The van der Waals surface area contributed by atoms with Crippen molar-refractivity contribution in [2.75, 3.05) is 0 Å². The summed E-state index contributed by atoms with van der Waals surface area (Å²) < 4.78 is 0. The van der Waals surface area contributed by atoms with Gasteiger partial charge in [-0.3, -0.25) is 0 Å². The minimum atomic E-state index is 0.845. The van der Waals surface area contributed by atoms with E-state index >= 15 is 0 Å². The highest BCUT2D eigenvalue weighted by atomic mass is 14.1. The van der Waals surface area contributed by atoms with E-state index in [2.05, 4.69) is 80.6 Å². The van der Waals surface area contributed by atoms with E-state index in [1.165, 1.54) is 76.4 Å². The highest BCUT2D eigenvalue weighted by Gasteiger charge is 2.03. The summed E-state index contributed by atoms with van der Waals surface area (Å²) in [6.07, 6.45) is 8.00. The summed E-state index contributed by atoms with van der Waals surface area (Å²) in [5.41, 5.74) is 1.48. The van der Waals surface area contributed by atoms with Crippen LogP contribution in [0.15, 0.2) is 66.7 Å². The average molecular weight is 355 g/mol. The van der Waals surface area contributed by atoms with Crippen LogP contribution in [0, 0.1) is 5.92 Å². The summed E-state index contributed by atoms with van der Waals surface area (Å²) in [5.74, 6) is 0.845. The van der Waals surface area contributed by atoms with Gasteiger partial charge in [0.15, 0.2) is 0 Å². The molecule has 0 amide bonds. The first-order chi connectivity index (χ1) is 13.2. The van der Waals surface area contributed by atoms with Crippen molar-refractivity contribution in [1.82, 2.24) is 0 Å². The number of fused-ring (bicyclic) bond motifs is 3. The van der Waals surface area contributed by atoms with Crippen molar-refractivity contribution in [1.29, 1.82) is 0 Å². The van der Waals surface area contributed by atoms with Crippen LogP contribution in [-0.4, -0.2) is 0 Å². The molecule has 0 aliphatic carbocycles. The SMILES string of the molecule is CC(C)CCCCCCc1ccc2cc3cc4ccccc4cc3cc2c1. The molecule has 0 spiro atoms. The molecule has 0 saturated heterocycles. The Morgan fingerprint density at radius 1 is 0.556 bits per heavy atom. The molecule has 0 N–H and O–H groups in total. The minimum Gasteiger partial charge on any atom is -0.0628 e. The van der Waals surface area contributed by atoms with E-state index in [-0.39, 0.29) is 0 Å². The molecule has 4 aromatic carbocycles. The molecule has 0 atom stereocenters. The lowest BCUT2D eigenvalue weighted by molar-refractivity contribution is 0.520. The first-order valence-corrected chi connectivity index (χ1v) is 10.5. The van der Waals surface area contributed by atoms with Crippen LogP contribution in [0.1, 0.15) is 51.5 Å². The van der Waals surface area contributed by atoms with Gasteiger partial charge in [0, 0.05) is 0 Å². The fraction of sp³-hybridized carbons (Fsp3) is 0.333. The molecule has 0 saturated carbocycles. The Balaban J connectivity index is 1.51. The monoisotopic (exact) mass is 354 g/mol. The number of rotatable bonds is 7. The lowest BCUT2D eigenvalue weighted by Crippen LogP contribution is -1.89. The van der Waals surface area contributed by atoms with Gasteiger partial charge >= 0.3 is 0 Å². The molecular formula is C27H30. The Kier molecular flexibility index (Phi) is 5.43. The third kappa shape index (κ3) is 4.33. The van der Waals surface area contributed by atoms with Crippen molar-refractivity contribution in [3.63, 3.8) is 0 Å². The quantitative estimate of drug-likeness (QED) is 0.231. The van der Waals surface area contributed by atoms with Crippen LogP contribution in [0.5, 0.6) is 0 Å². The lowest BCUT2D eigenvalue weighted by atomic mass is 9.97. The minimum absolute atomic E-state index is 0.845. The predicted octanol–water partition coefficient (Wildman–Crippen LogP) is 8.30. The second-order valence-corrected chi connectivity index (χ2v) is 8.43. The largest absolute Gasteiger partial charge is 0.0628 e. The van der Waals surface area contributed by atoms with Gasteiger partial charge in [-0.25, -0.2) is 0 Å². The standard InChI is InChI=1S/C27H30/c1-20(2)9-5-3-4-6-10-21-13-14-24-18-26-16-22-11-7-8-12-23(22)17-27(26)19-25(24)15-21/h7-8,11-20H,3-6,9-10H2,1-2H3. The third-order valence-electron chi connectivity index (χ3n) is 5.72. The third-order valence-corrected chi connectivity index (χ3v) is 5.72. The number of aryl methyl sites for hydroxylation is 1. The van der Waals surface area contributed by atoms with Gasteiger partial charge in [0.2, 0.25) is 0 Å². The van der Waals surface area contributed by atoms with E-state index in [1.54, 1.807) is 0 Å². The fourth-order valence-corrected chi connectivity index (χ4v) is 4.13. The van der Waals surface area contributed by atoms with Gasteiger partial charge in [0.05, 0.1) is 0 Å². The van der Waals surface area contributed by atoms with Crippen molar-refractivity contribution in [3.8, 4) is 0 Å². The number of hydrogen-bond acceptors (Lipinski definition) is 0. The van der Waals surface area contributed by atoms with Crippen LogP contribution in [0.3, 0.4) is 0 Å². The van der Waals surface area contributed by atoms with E-state index in [1.807, 2.05) is 0 Å². The summed E-state index contributed by atoms with van der Waals surface area (Å²) in [6.45, 7) is 4.64. The van der Waals surface area contributed by atoms with Gasteiger partial charge < -0.3 is 0 Å². The molecule has 0 aromatic heterocycles. The first-order valence-electron chi connectivity index (χ1n) is 10.5. The molecule has 0 heterocycles. The molecule has 0 aliphatic heterocycles. The zero-order valence-electron chi connectivity index (χ0n) is 16.7. The molecule has 4 aromatic rings. The Hall–Kier alpha value is -2.34. The maximum Gasteiger partial charge on any atom is -0.0171 e.